The molecule has 1 aromatic carbocycles. The molecule has 0 aromatic heterocycles. The predicted molar refractivity (Wildman–Crippen MR) is 83.8 cm³/mol. The molecule has 3 nitrogen and oxygen atoms in total. The first kappa shape index (κ1) is 15.5. The highest BCUT2D eigenvalue weighted by Crippen LogP contribution is 2.17. The van der Waals surface area contributed by atoms with Crippen LogP contribution < -0.4 is 0 Å². The van der Waals surface area contributed by atoms with E-state index >= 15 is 0 Å². The van der Waals surface area contributed by atoms with Crippen molar-refractivity contribution in [3.05, 3.63) is 35.9 Å². The number of hydrogen-bond acceptors (Lipinski definition) is 3. The molecule has 0 saturated carbocycles. The van der Waals surface area contributed by atoms with Crippen molar-refractivity contribution in [2.75, 3.05) is 32.7 Å². The van der Waals surface area contributed by atoms with Gasteiger partial charge in [-0.3, -0.25) is 4.90 Å². The van der Waals surface area contributed by atoms with Crippen LogP contribution >= 0.6 is 0 Å². The van der Waals surface area contributed by atoms with Gasteiger partial charge in [0.2, 0.25) is 0 Å². The van der Waals surface area contributed by atoms with Gasteiger partial charge in [0.05, 0.1) is 6.10 Å². The molecule has 0 amide bonds. The molecule has 112 valence electrons. The van der Waals surface area contributed by atoms with Crippen LogP contribution in [0.5, 0.6) is 0 Å². The minimum Gasteiger partial charge on any atom is -0.387 e. The van der Waals surface area contributed by atoms with Gasteiger partial charge in [0.1, 0.15) is 0 Å². The van der Waals surface area contributed by atoms with Gasteiger partial charge < -0.3 is 10.0 Å². The fourth-order valence-corrected chi connectivity index (χ4v) is 2.93. The number of benzene rings is 1. The van der Waals surface area contributed by atoms with Gasteiger partial charge >= 0.3 is 0 Å². The standard InChI is InChI=1S/C17H28N2O/c1-3-4-10-18-11-12-19(15(2)13-18)14-17(20)16-8-6-5-7-9-16/h5-9,15,17,20H,3-4,10-14H2,1-2H3/t15-,17+/m1/s1. The van der Waals surface area contributed by atoms with E-state index in [0.717, 1.165) is 31.7 Å². The van der Waals surface area contributed by atoms with Gasteiger partial charge in [-0.1, -0.05) is 43.7 Å². The normalized spacial score (nSPS) is 22.9. The van der Waals surface area contributed by atoms with Gasteiger partial charge in [-0.2, -0.15) is 0 Å². The molecule has 1 fully saturated rings. The lowest BCUT2D eigenvalue weighted by molar-refractivity contribution is 0.0385. The molecule has 1 heterocycles. The third-order valence-electron chi connectivity index (χ3n) is 4.27. The van der Waals surface area contributed by atoms with Crippen LogP contribution in [0.25, 0.3) is 0 Å². The fourth-order valence-electron chi connectivity index (χ4n) is 2.93. The summed E-state index contributed by atoms with van der Waals surface area (Å²) in [5.74, 6) is 0. The van der Waals surface area contributed by atoms with Crippen LogP contribution in [0.3, 0.4) is 0 Å². The van der Waals surface area contributed by atoms with Gasteiger partial charge in [-0.05, 0) is 25.5 Å². The maximum absolute atomic E-state index is 10.3. The van der Waals surface area contributed by atoms with E-state index in [0.29, 0.717) is 6.04 Å². The SMILES string of the molecule is CCCCN1CCN(C[C@H](O)c2ccccc2)[C@H](C)C1. The van der Waals surface area contributed by atoms with Crippen LogP contribution in [0.2, 0.25) is 0 Å². The maximum Gasteiger partial charge on any atom is 0.0917 e. The van der Waals surface area contributed by atoms with Crippen LogP contribution in [0.1, 0.15) is 38.4 Å². The molecule has 1 saturated heterocycles. The maximum atomic E-state index is 10.3. The Labute approximate surface area is 123 Å². The highest BCUT2D eigenvalue weighted by molar-refractivity contribution is 5.17. The molecule has 2 atom stereocenters. The Morgan fingerprint density at radius 1 is 1.25 bits per heavy atom. The van der Waals surface area contributed by atoms with Crippen molar-refractivity contribution in [2.45, 2.75) is 38.8 Å². The number of aliphatic hydroxyl groups excluding tert-OH is 1. The van der Waals surface area contributed by atoms with Gasteiger partial charge in [0, 0.05) is 32.2 Å². The summed E-state index contributed by atoms with van der Waals surface area (Å²) in [6, 6.07) is 10.5. The third-order valence-corrected chi connectivity index (χ3v) is 4.27. The summed E-state index contributed by atoms with van der Waals surface area (Å²) < 4.78 is 0. The lowest BCUT2D eigenvalue weighted by atomic mass is 10.1. The molecule has 0 unspecified atom stereocenters. The summed E-state index contributed by atoms with van der Waals surface area (Å²) in [6.07, 6.45) is 2.18. The summed E-state index contributed by atoms with van der Waals surface area (Å²) >= 11 is 0. The van der Waals surface area contributed by atoms with Crippen LogP contribution in [0, 0.1) is 0 Å². The smallest absolute Gasteiger partial charge is 0.0917 e. The summed E-state index contributed by atoms with van der Waals surface area (Å²) in [7, 11) is 0. The van der Waals surface area contributed by atoms with Crippen molar-refractivity contribution in [1.82, 2.24) is 9.80 Å². The van der Waals surface area contributed by atoms with Crippen molar-refractivity contribution >= 4 is 0 Å². The topological polar surface area (TPSA) is 26.7 Å². The molecule has 20 heavy (non-hydrogen) atoms. The molecule has 3 heteroatoms. The van der Waals surface area contributed by atoms with E-state index in [1.165, 1.54) is 19.4 Å². The Balaban J connectivity index is 1.82. The fraction of sp³-hybridized carbons (Fsp3) is 0.647. The van der Waals surface area contributed by atoms with E-state index in [1.807, 2.05) is 30.3 Å². The van der Waals surface area contributed by atoms with Crippen molar-refractivity contribution < 1.29 is 5.11 Å². The van der Waals surface area contributed by atoms with Crippen LogP contribution in [-0.4, -0.2) is 53.7 Å². The lowest BCUT2D eigenvalue weighted by Crippen LogP contribution is -2.52. The second-order valence-corrected chi connectivity index (χ2v) is 5.92. The van der Waals surface area contributed by atoms with Gasteiger partial charge in [0.15, 0.2) is 0 Å². The molecule has 1 aliphatic heterocycles. The van der Waals surface area contributed by atoms with E-state index in [1.54, 1.807) is 0 Å². The molecule has 1 aliphatic rings. The monoisotopic (exact) mass is 276 g/mol. The number of hydrogen-bond donors (Lipinski definition) is 1. The zero-order valence-electron chi connectivity index (χ0n) is 12.8. The quantitative estimate of drug-likeness (QED) is 0.865. The van der Waals surface area contributed by atoms with Crippen molar-refractivity contribution in [3.63, 3.8) is 0 Å². The molecule has 0 aliphatic carbocycles. The number of aliphatic hydroxyl groups is 1. The number of β-amino-alcohol motifs (C(OH)–C–C–N with tert-alkyl or cyclic N) is 1. The average molecular weight is 276 g/mol. The Bertz CT molecular complexity index is 382. The van der Waals surface area contributed by atoms with Crippen LogP contribution in [0.15, 0.2) is 30.3 Å². The molecule has 1 N–H and O–H groups in total. The Morgan fingerprint density at radius 3 is 2.65 bits per heavy atom. The van der Waals surface area contributed by atoms with Gasteiger partial charge in [0.25, 0.3) is 0 Å². The first-order chi connectivity index (χ1) is 9.70. The summed E-state index contributed by atoms with van der Waals surface area (Å²) in [4.78, 5) is 4.97. The second-order valence-electron chi connectivity index (χ2n) is 5.92. The lowest BCUT2D eigenvalue weighted by Gasteiger charge is -2.40. The molecule has 1 aromatic rings. The number of piperazine rings is 1. The van der Waals surface area contributed by atoms with Crippen LogP contribution in [0.4, 0.5) is 0 Å². The number of rotatable bonds is 6. The summed E-state index contributed by atoms with van der Waals surface area (Å²) in [5.41, 5.74) is 1.02. The molecule has 0 radical (unpaired) electrons. The van der Waals surface area contributed by atoms with Crippen molar-refractivity contribution in [2.24, 2.45) is 0 Å². The summed E-state index contributed by atoms with van der Waals surface area (Å²) in [5, 5.41) is 10.3. The number of nitrogens with zero attached hydrogens (tertiary/aromatic N) is 2. The molecule has 0 spiro atoms. The van der Waals surface area contributed by atoms with E-state index < -0.39 is 0 Å². The highest BCUT2D eigenvalue weighted by atomic mass is 16.3. The molecule has 0 bridgehead atoms. The van der Waals surface area contributed by atoms with E-state index in [9.17, 15) is 5.11 Å². The van der Waals surface area contributed by atoms with Gasteiger partial charge in [-0.15, -0.1) is 0 Å². The second kappa shape index (κ2) is 7.77. The molecular formula is C17H28N2O. The Hall–Kier alpha value is -0.900. The average Bonchev–Trinajstić information content (AvgIpc) is 2.48. The summed E-state index contributed by atoms with van der Waals surface area (Å²) in [6.45, 7) is 9.80. The number of unbranched alkanes of at least 4 members (excludes halogenated alkanes) is 1. The first-order valence-electron chi connectivity index (χ1n) is 7.90. The van der Waals surface area contributed by atoms with E-state index in [4.69, 9.17) is 0 Å². The minimum absolute atomic E-state index is 0.374. The van der Waals surface area contributed by atoms with Gasteiger partial charge in [-0.25, -0.2) is 0 Å². The van der Waals surface area contributed by atoms with E-state index in [2.05, 4.69) is 23.6 Å². The van der Waals surface area contributed by atoms with E-state index in [-0.39, 0.29) is 6.10 Å². The molecule has 2 rings (SSSR count). The van der Waals surface area contributed by atoms with Crippen molar-refractivity contribution in [3.8, 4) is 0 Å². The first-order valence-corrected chi connectivity index (χ1v) is 7.90. The largest absolute Gasteiger partial charge is 0.387 e. The molecular weight excluding hydrogens is 248 g/mol. The zero-order valence-corrected chi connectivity index (χ0v) is 12.8. The van der Waals surface area contributed by atoms with Crippen LogP contribution in [-0.2, 0) is 0 Å². The van der Waals surface area contributed by atoms with Crippen molar-refractivity contribution in [1.29, 1.82) is 0 Å². The Morgan fingerprint density at radius 2 is 2.00 bits per heavy atom. The third kappa shape index (κ3) is 4.30. The predicted octanol–water partition coefficient (Wildman–Crippen LogP) is 2.53. The highest BCUT2D eigenvalue weighted by Gasteiger charge is 2.25. The Kier molecular flexibility index (Phi) is 6.02. The minimum atomic E-state index is -0.374. The zero-order chi connectivity index (χ0) is 14.4.